The number of methoxy groups -OCH3 is 1. The Labute approximate surface area is 128 Å². The summed E-state index contributed by atoms with van der Waals surface area (Å²) >= 11 is 0. The third kappa shape index (κ3) is 3.52. The monoisotopic (exact) mass is 291 g/mol. The molecule has 3 heteroatoms. The molecule has 1 aromatic carbocycles. The molecular formula is C18H29NO2. The summed E-state index contributed by atoms with van der Waals surface area (Å²) in [5, 5.41) is 10.1. The average molecular weight is 291 g/mol. The summed E-state index contributed by atoms with van der Waals surface area (Å²) in [4.78, 5) is 2.33. The van der Waals surface area contributed by atoms with Crippen LogP contribution in [-0.4, -0.2) is 25.3 Å². The zero-order chi connectivity index (χ0) is 15.6. The maximum atomic E-state index is 10.1. The molecule has 0 aromatic heterocycles. The quantitative estimate of drug-likeness (QED) is 0.904. The van der Waals surface area contributed by atoms with Crippen molar-refractivity contribution < 1.29 is 9.84 Å². The van der Waals surface area contributed by atoms with Crippen molar-refractivity contribution in [3.8, 4) is 5.75 Å². The molecule has 2 rings (SSSR count). The van der Waals surface area contributed by atoms with Gasteiger partial charge in [-0.15, -0.1) is 0 Å². The minimum absolute atomic E-state index is 0.471. The van der Waals surface area contributed by atoms with Crippen LogP contribution in [0.5, 0.6) is 5.75 Å². The van der Waals surface area contributed by atoms with Crippen LogP contribution in [0.3, 0.4) is 0 Å². The van der Waals surface area contributed by atoms with Gasteiger partial charge in [0.1, 0.15) is 5.75 Å². The van der Waals surface area contributed by atoms with Crippen molar-refractivity contribution in [2.24, 2.45) is 5.41 Å². The summed E-state index contributed by atoms with van der Waals surface area (Å²) in [5.74, 6) is 0.769. The van der Waals surface area contributed by atoms with Crippen molar-refractivity contribution in [3.63, 3.8) is 0 Å². The maximum absolute atomic E-state index is 10.1. The van der Waals surface area contributed by atoms with Crippen LogP contribution in [0, 0.1) is 5.41 Å². The Kier molecular flexibility index (Phi) is 4.82. The summed E-state index contributed by atoms with van der Waals surface area (Å²) < 4.78 is 5.43. The van der Waals surface area contributed by atoms with Crippen molar-refractivity contribution in [2.45, 2.75) is 58.6 Å². The van der Waals surface area contributed by atoms with E-state index in [2.05, 4.69) is 31.9 Å². The highest BCUT2D eigenvalue weighted by atomic mass is 16.5. The summed E-state index contributed by atoms with van der Waals surface area (Å²) in [6.07, 6.45) is 4.41. The highest BCUT2D eigenvalue weighted by Crippen LogP contribution is 2.40. The fourth-order valence-electron chi connectivity index (χ4n) is 3.41. The standard InChI is InChI=1S/C18H29NO2/c1-13(20)17-15(7-6-8-16(17)21-5)19(4)14-9-11-18(2,3)12-10-14/h6-8,13-14,20H,9-12H2,1-5H3. The molecule has 0 amide bonds. The smallest absolute Gasteiger partial charge is 0.126 e. The lowest BCUT2D eigenvalue weighted by molar-refractivity contribution is 0.193. The van der Waals surface area contributed by atoms with E-state index in [-0.39, 0.29) is 0 Å². The molecular weight excluding hydrogens is 262 g/mol. The van der Waals surface area contributed by atoms with Gasteiger partial charge in [-0.1, -0.05) is 19.9 Å². The number of aliphatic hydroxyl groups excluding tert-OH is 1. The maximum Gasteiger partial charge on any atom is 0.126 e. The Bertz CT molecular complexity index is 472. The molecule has 0 aliphatic heterocycles. The molecule has 0 radical (unpaired) electrons. The van der Waals surface area contributed by atoms with Gasteiger partial charge in [-0.25, -0.2) is 0 Å². The van der Waals surface area contributed by atoms with Crippen LogP contribution in [-0.2, 0) is 0 Å². The summed E-state index contributed by atoms with van der Waals surface area (Å²) in [6.45, 7) is 6.52. The first-order valence-corrected chi connectivity index (χ1v) is 7.93. The van der Waals surface area contributed by atoms with Crippen LogP contribution in [0.15, 0.2) is 18.2 Å². The Morgan fingerprint density at radius 3 is 2.43 bits per heavy atom. The van der Waals surface area contributed by atoms with E-state index in [0.717, 1.165) is 17.0 Å². The summed E-state index contributed by atoms with van der Waals surface area (Å²) in [5.41, 5.74) is 2.46. The lowest BCUT2D eigenvalue weighted by Gasteiger charge is -2.40. The van der Waals surface area contributed by atoms with E-state index >= 15 is 0 Å². The lowest BCUT2D eigenvalue weighted by atomic mass is 9.75. The first kappa shape index (κ1) is 16.2. The summed E-state index contributed by atoms with van der Waals surface area (Å²) in [6, 6.07) is 6.56. The topological polar surface area (TPSA) is 32.7 Å². The number of nitrogens with zero attached hydrogens (tertiary/aromatic N) is 1. The van der Waals surface area contributed by atoms with Gasteiger partial charge in [0.05, 0.1) is 13.2 Å². The first-order chi connectivity index (χ1) is 9.85. The van der Waals surface area contributed by atoms with Gasteiger partial charge in [-0.05, 0) is 50.2 Å². The third-order valence-corrected chi connectivity index (χ3v) is 4.92. The number of benzene rings is 1. The second-order valence-electron chi connectivity index (χ2n) is 7.08. The average Bonchev–Trinajstić information content (AvgIpc) is 2.45. The molecule has 118 valence electrons. The van der Waals surface area contributed by atoms with Crippen LogP contribution in [0.25, 0.3) is 0 Å². The Balaban J connectivity index is 2.25. The van der Waals surface area contributed by atoms with Gasteiger partial charge in [0.15, 0.2) is 0 Å². The van der Waals surface area contributed by atoms with Gasteiger partial charge in [0.25, 0.3) is 0 Å². The molecule has 3 nitrogen and oxygen atoms in total. The van der Waals surface area contributed by atoms with E-state index in [4.69, 9.17) is 4.74 Å². The molecule has 0 heterocycles. The van der Waals surface area contributed by atoms with Gasteiger partial charge < -0.3 is 14.7 Å². The van der Waals surface area contributed by atoms with Crippen molar-refractivity contribution in [1.82, 2.24) is 0 Å². The number of anilines is 1. The Morgan fingerprint density at radius 1 is 1.29 bits per heavy atom. The highest BCUT2D eigenvalue weighted by Gasteiger charge is 2.30. The number of rotatable bonds is 4. The second kappa shape index (κ2) is 6.27. The fraction of sp³-hybridized carbons (Fsp3) is 0.667. The molecule has 1 aliphatic rings. The van der Waals surface area contributed by atoms with Crippen molar-refractivity contribution in [1.29, 1.82) is 0 Å². The number of aliphatic hydroxyl groups is 1. The minimum atomic E-state index is -0.529. The number of ether oxygens (including phenoxy) is 1. The molecule has 1 aromatic rings. The van der Waals surface area contributed by atoms with E-state index in [1.807, 2.05) is 12.1 Å². The molecule has 1 N–H and O–H groups in total. The predicted octanol–water partition coefficient (Wildman–Crippen LogP) is 4.15. The number of hydrogen-bond acceptors (Lipinski definition) is 3. The largest absolute Gasteiger partial charge is 0.496 e. The molecule has 0 saturated heterocycles. The van der Waals surface area contributed by atoms with Crippen molar-refractivity contribution >= 4 is 5.69 Å². The van der Waals surface area contributed by atoms with Crippen molar-refractivity contribution in [2.75, 3.05) is 19.1 Å². The van der Waals surface area contributed by atoms with E-state index < -0.39 is 6.10 Å². The van der Waals surface area contributed by atoms with Crippen LogP contribution >= 0.6 is 0 Å². The molecule has 0 bridgehead atoms. The normalized spacial score (nSPS) is 20.1. The van der Waals surface area contributed by atoms with Crippen LogP contribution in [0.2, 0.25) is 0 Å². The predicted molar refractivity (Wildman–Crippen MR) is 88.1 cm³/mol. The van der Waals surface area contributed by atoms with E-state index in [9.17, 15) is 5.11 Å². The van der Waals surface area contributed by atoms with Crippen LogP contribution < -0.4 is 9.64 Å². The Morgan fingerprint density at radius 2 is 1.90 bits per heavy atom. The zero-order valence-corrected chi connectivity index (χ0v) is 14.0. The van der Waals surface area contributed by atoms with Gasteiger partial charge in [0, 0.05) is 24.3 Å². The SMILES string of the molecule is COc1cccc(N(C)C2CCC(C)(C)CC2)c1C(C)O. The van der Waals surface area contributed by atoms with Gasteiger partial charge in [-0.3, -0.25) is 0 Å². The van der Waals surface area contributed by atoms with Crippen molar-refractivity contribution in [3.05, 3.63) is 23.8 Å². The number of hydrogen-bond donors (Lipinski definition) is 1. The highest BCUT2D eigenvalue weighted by molar-refractivity contribution is 5.60. The second-order valence-corrected chi connectivity index (χ2v) is 7.08. The molecule has 1 fully saturated rings. The molecule has 0 spiro atoms. The first-order valence-electron chi connectivity index (χ1n) is 7.93. The minimum Gasteiger partial charge on any atom is -0.496 e. The molecule has 1 atom stereocenters. The van der Waals surface area contributed by atoms with E-state index in [0.29, 0.717) is 11.5 Å². The molecule has 21 heavy (non-hydrogen) atoms. The van der Waals surface area contributed by atoms with E-state index in [1.54, 1.807) is 14.0 Å². The Hall–Kier alpha value is -1.22. The van der Waals surface area contributed by atoms with Crippen LogP contribution in [0.1, 0.15) is 58.1 Å². The van der Waals surface area contributed by atoms with Gasteiger partial charge in [0.2, 0.25) is 0 Å². The third-order valence-electron chi connectivity index (χ3n) is 4.92. The summed E-state index contributed by atoms with van der Waals surface area (Å²) in [7, 11) is 3.80. The fourth-order valence-corrected chi connectivity index (χ4v) is 3.41. The molecule has 1 saturated carbocycles. The molecule has 1 aliphatic carbocycles. The van der Waals surface area contributed by atoms with Crippen LogP contribution in [0.4, 0.5) is 5.69 Å². The van der Waals surface area contributed by atoms with Gasteiger partial charge in [-0.2, -0.15) is 0 Å². The molecule has 1 unspecified atom stereocenters. The van der Waals surface area contributed by atoms with Gasteiger partial charge >= 0.3 is 0 Å². The zero-order valence-electron chi connectivity index (χ0n) is 14.0. The lowest BCUT2D eigenvalue weighted by Crippen LogP contribution is -2.37. The van der Waals surface area contributed by atoms with E-state index in [1.165, 1.54) is 25.7 Å².